The van der Waals surface area contributed by atoms with E-state index >= 15 is 0 Å². The standard InChI is InChI=1S/C54H106N2O5/c1-7-11-15-19-21-27-36-50(34-25-17-13-9-3)48(5)60-53(58)40-29-23-31-42-55(44-45-56(46-47-57)52-38-33-39-52)43-32-24-30-41-54(59)61-49(6)51(35-26-18-14-10-4)37-28-22-20-16-12-8-2/h48-52,57H,7-47H2,1-6H3. The van der Waals surface area contributed by atoms with Gasteiger partial charge in [0.25, 0.3) is 0 Å². The van der Waals surface area contributed by atoms with Crippen LogP contribution in [0.5, 0.6) is 0 Å². The Labute approximate surface area is 380 Å². The highest BCUT2D eigenvalue weighted by atomic mass is 16.5. The van der Waals surface area contributed by atoms with Crippen LogP contribution < -0.4 is 0 Å². The second-order valence-corrected chi connectivity index (χ2v) is 19.5. The van der Waals surface area contributed by atoms with Gasteiger partial charge in [-0.15, -0.1) is 0 Å². The summed E-state index contributed by atoms with van der Waals surface area (Å²) in [6.45, 7) is 18.4. The number of nitrogens with zero attached hydrogens (tertiary/aromatic N) is 2. The van der Waals surface area contributed by atoms with Crippen molar-refractivity contribution in [1.82, 2.24) is 9.80 Å². The Kier molecular flexibility index (Phi) is 39.4. The molecule has 1 rings (SSSR count). The van der Waals surface area contributed by atoms with E-state index in [-0.39, 0.29) is 30.8 Å². The number of aliphatic hydroxyl groups excluding tert-OH is 1. The second-order valence-electron chi connectivity index (χ2n) is 19.5. The first-order valence-corrected chi connectivity index (χ1v) is 27.2. The SMILES string of the molecule is CCCCCCCCC(CCCCCC)C(C)OC(=O)CCCCCN(CCCCCC(=O)OC(C)C(CCCCCC)CCCCCCCC)CCN(CCO)C1CCC1. The number of esters is 2. The summed E-state index contributed by atoms with van der Waals surface area (Å²) in [7, 11) is 0. The lowest BCUT2D eigenvalue weighted by molar-refractivity contribution is -0.152. The average Bonchev–Trinajstić information content (AvgIpc) is 3.22. The van der Waals surface area contributed by atoms with Crippen molar-refractivity contribution in [2.24, 2.45) is 11.8 Å². The van der Waals surface area contributed by atoms with Gasteiger partial charge < -0.3 is 19.5 Å². The van der Waals surface area contributed by atoms with E-state index in [1.807, 2.05) is 0 Å². The Hall–Kier alpha value is -1.18. The van der Waals surface area contributed by atoms with E-state index in [4.69, 9.17) is 9.47 Å². The van der Waals surface area contributed by atoms with Crippen molar-refractivity contribution >= 4 is 11.9 Å². The zero-order chi connectivity index (χ0) is 44.6. The maximum absolute atomic E-state index is 13.0. The third-order valence-electron chi connectivity index (χ3n) is 14.1. The zero-order valence-corrected chi connectivity index (χ0v) is 41.9. The van der Waals surface area contributed by atoms with Gasteiger partial charge in [0.05, 0.1) is 6.61 Å². The molecule has 0 radical (unpaired) electrons. The van der Waals surface area contributed by atoms with Gasteiger partial charge in [0.15, 0.2) is 0 Å². The van der Waals surface area contributed by atoms with Gasteiger partial charge >= 0.3 is 11.9 Å². The van der Waals surface area contributed by atoms with Crippen LogP contribution in [-0.4, -0.2) is 84.4 Å². The molecule has 0 aromatic heterocycles. The molecule has 1 aliphatic rings. The number of ether oxygens (including phenoxy) is 2. The van der Waals surface area contributed by atoms with Crippen molar-refractivity contribution < 1.29 is 24.2 Å². The Balaban J connectivity index is 2.56. The molecule has 4 atom stereocenters. The quantitative estimate of drug-likeness (QED) is 0.0482. The summed E-state index contributed by atoms with van der Waals surface area (Å²) in [4.78, 5) is 31.1. The maximum Gasteiger partial charge on any atom is 0.306 e. The van der Waals surface area contributed by atoms with Crippen molar-refractivity contribution in [1.29, 1.82) is 0 Å². The molecule has 0 bridgehead atoms. The van der Waals surface area contributed by atoms with Gasteiger partial charge in [0.2, 0.25) is 0 Å². The smallest absolute Gasteiger partial charge is 0.306 e. The van der Waals surface area contributed by atoms with Gasteiger partial charge in [0, 0.05) is 38.5 Å². The lowest BCUT2D eigenvalue weighted by atomic mass is 9.90. The molecule has 1 N–H and O–H groups in total. The molecular weight excluding hydrogens is 757 g/mol. The van der Waals surface area contributed by atoms with Crippen LogP contribution in [0, 0.1) is 11.8 Å². The Bertz CT molecular complexity index is 913. The largest absolute Gasteiger partial charge is 0.462 e. The van der Waals surface area contributed by atoms with Crippen molar-refractivity contribution in [2.45, 2.75) is 285 Å². The molecular formula is C54H106N2O5. The van der Waals surface area contributed by atoms with E-state index in [9.17, 15) is 14.7 Å². The summed E-state index contributed by atoms with van der Waals surface area (Å²) in [5.74, 6) is 0.938. The monoisotopic (exact) mass is 863 g/mol. The van der Waals surface area contributed by atoms with Crippen LogP contribution in [-0.2, 0) is 19.1 Å². The number of rotatable bonds is 46. The Morgan fingerprint density at radius 1 is 0.475 bits per heavy atom. The van der Waals surface area contributed by atoms with Crippen LogP contribution in [0.2, 0.25) is 0 Å². The first-order valence-electron chi connectivity index (χ1n) is 27.2. The summed E-state index contributed by atoms with van der Waals surface area (Å²) >= 11 is 0. The van der Waals surface area contributed by atoms with E-state index in [1.54, 1.807) is 0 Å². The lowest BCUT2D eigenvalue weighted by Crippen LogP contribution is -2.45. The molecule has 1 aliphatic carbocycles. The summed E-state index contributed by atoms with van der Waals surface area (Å²) in [6, 6.07) is 0.624. The molecule has 1 fully saturated rings. The fourth-order valence-electron chi connectivity index (χ4n) is 9.52. The van der Waals surface area contributed by atoms with Gasteiger partial charge in [-0.3, -0.25) is 14.5 Å². The van der Waals surface area contributed by atoms with Gasteiger partial charge in [-0.1, -0.05) is 175 Å². The van der Waals surface area contributed by atoms with Gasteiger partial charge in [-0.25, -0.2) is 0 Å². The summed E-state index contributed by atoms with van der Waals surface area (Å²) in [5.41, 5.74) is 0. The number of carbonyl (C=O) groups is 2. The minimum atomic E-state index is -0.0146. The molecule has 4 unspecified atom stereocenters. The van der Waals surface area contributed by atoms with Crippen molar-refractivity contribution in [3.63, 3.8) is 0 Å². The zero-order valence-electron chi connectivity index (χ0n) is 41.9. The second kappa shape index (κ2) is 41.5. The molecule has 0 heterocycles. The molecule has 0 aromatic carbocycles. The molecule has 7 heteroatoms. The molecule has 0 saturated heterocycles. The fraction of sp³-hybridized carbons (Fsp3) is 0.963. The Morgan fingerprint density at radius 2 is 0.836 bits per heavy atom. The molecule has 362 valence electrons. The molecule has 0 amide bonds. The predicted octanol–water partition coefficient (Wildman–Crippen LogP) is 14.8. The number of hydrogen-bond acceptors (Lipinski definition) is 7. The first-order chi connectivity index (χ1) is 29.8. The number of hydrogen-bond donors (Lipinski definition) is 1. The lowest BCUT2D eigenvalue weighted by Gasteiger charge is -2.38. The van der Waals surface area contributed by atoms with Crippen LogP contribution >= 0.6 is 0 Å². The molecule has 0 aromatic rings. The average molecular weight is 863 g/mol. The number of aliphatic hydroxyl groups is 1. The topological polar surface area (TPSA) is 79.3 Å². The normalized spacial score (nSPS) is 15.2. The number of carbonyl (C=O) groups excluding carboxylic acids is 2. The van der Waals surface area contributed by atoms with Gasteiger partial charge in [0.1, 0.15) is 12.2 Å². The van der Waals surface area contributed by atoms with Crippen LogP contribution in [0.1, 0.15) is 266 Å². The van der Waals surface area contributed by atoms with Crippen molar-refractivity contribution in [3.05, 3.63) is 0 Å². The maximum atomic E-state index is 13.0. The minimum absolute atomic E-state index is 0.00944. The van der Waals surface area contributed by atoms with Gasteiger partial charge in [-0.05, 0) is 103 Å². The van der Waals surface area contributed by atoms with E-state index in [2.05, 4.69) is 51.3 Å². The van der Waals surface area contributed by atoms with Crippen LogP contribution in [0.15, 0.2) is 0 Å². The van der Waals surface area contributed by atoms with E-state index in [0.717, 1.165) is 71.2 Å². The van der Waals surface area contributed by atoms with Crippen LogP contribution in [0.4, 0.5) is 0 Å². The highest BCUT2D eigenvalue weighted by Gasteiger charge is 2.25. The van der Waals surface area contributed by atoms with Crippen LogP contribution in [0.25, 0.3) is 0 Å². The highest BCUT2D eigenvalue weighted by Crippen LogP contribution is 2.27. The van der Waals surface area contributed by atoms with Gasteiger partial charge in [-0.2, -0.15) is 0 Å². The summed E-state index contributed by atoms with van der Waals surface area (Å²) in [6.07, 6.45) is 41.5. The highest BCUT2D eigenvalue weighted by molar-refractivity contribution is 5.69. The first kappa shape index (κ1) is 57.8. The fourth-order valence-corrected chi connectivity index (χ4v) is 9.52. The molecule has 7 nitrogen and oxygen atoms in total. The van der Waals surface area contributed by atoms with E-state index in [1.165, 1.54) is 173 Å². The molecule has 1 saturated carbocycles. The molecule has 61 heavy (non-hydrogen) atoms. The number of unbranched alkanes of at least 4 members (excludes halogenated alkanes) is 20. The molecule has 0 spiro atoms. The Morgan fingerprint density at radius 3 is 1.20 bits per heavy atom. The van der Waals surface area contributed by atoms with Crippen molar-refractivity contribution in [3.8, 4) is 0 Å². The summed E-state index contributed by atoms with van der Waals surface area (Å²) < 4.78 is 12.2. The predicted molar refractivity (Wildman–Crippen MR) is 261 cm³/mol. The van der Waals surface area contributed by atoms with Crippen molar-refractivity contribution in [2.75, 3.05) is 39.3 Å². The van der Waals surface area contributed by atoms with Crippen LogP contribution in [0.3, 0.4) is 0 Å². The van der Waals surface area contributed by atoms with E-state index in [0.29, 0.717) is 30.7 Å². The molecule has 0 aliphatic heterocycles. The summed E-state index contributed by atoms with van der Waals surface area (Å²) in [5, 5.41) is 9.76. The van der Waals surface area contributed by atoms with E-state index < -0.39 is 0 Å². The minimum Gasteiger partial charge on any atom is -0.462 e. The third-order valence-corrected chi connectivity index (χ3v) is 14.1. The third kappa shape index (κ3) is 32.2.